The van der Waals surface area contributed by atoms with E-state index in [1.54, 1.807) is 19.1 Å². The molecule has 1 aliphatic heterocycles. The van der Waals surface area contributed by atoms with E-state index in [4.69, 9.17) is 19.6 Å². The number of piperazine rings is 1. The topological polar surface area (TPSA) is 56.3 Å². The highest BCUT2D eigenvalue weighted by Crippen LogP contribution is 2.36. The minimum absolute atomic E-state index is 0.697. The van der Waals surface area contributed by atoms with Gasteiger partial charge in [0.15, 0.2) is 17.1 Å². The predicted octanol–water partition coefficient (Wildman–Crippen LogP) is 2.31. The molecule has 0 unspecified atom stereocenters. The van der Waals surface area contributed by atoms with E-state index in [-0.39, 0.29) is 0 Å². The number of nitrogens with one attached hydrogen (secondary N) is 1. The zero-order valence-corrected chi connectivity index (χ0v) is 19.2. The van der Waals surface area contributed by atoms with E-state index in [2.05, 4.69) is 24.5 Å². The van der Waals surface area contributed by atoms with Crippen LogP contribution in [0.2, 0.25) is 0 Å². The summed E-state index contributed by atoms with van der Waals surface area (Å²) in [6, 6.07) is 8.10. The van der Waals surface area contributed by atoms with Gasteiger partial charge in [0.1, 0.15) is 5.82 Å². The van der Waals surface area contributed by atoms with Crippen molar-refractivity contribution in [2.45, 2.75) is 20.8 Å². The van der Waals surface area contributed by atoms with E-state index in [1.165, 1.54) is 5.57 Å². The summed E-state index contributed by atoms with van der Waals surface area (Å²) < 4.78 is 12.9. The first-order valence-corrected chi connectivity index (χ1v) is 10.7. The second-order valence-corrected chi connectivity index (χ2v) is 8.39. The third-order valence-corrected chi connectivity index (χ3v) is 5.89. The molecule has 0 bridgehead atoms. The number of hydrogen-bond acceptors (Lipinski definition) is 5. The molecule has 31 heavy (non-hydrogen) atoms. The maximum Gasteiger partial charge on any atom is 0.165 e. The number of anilines is 1. The molecule has 1 fully saturated rings. The number of fused-ring (bicyclic) bond motifs is 1. The van der Waals surface area contributed by atoms with Crippen LogP contribution in [-0.4, -0.2) is 61.5 Å². The fourth-order valence-corrected chi connectivity index (χ4v) is 4.44. The van der Waals surface area contributed by atoms with Crippen LogP contribution in [0.4, 0.5) is 5.82 Å². The first-order valence-electron chi connectivity index (χ1n) is 10.7. The predicted molar refractivity (Wildman–Crippen MR) is 124 cm³/mol. The third kappa shape index (κ3) is 4.10. The molecule has 7 nitrogen and oxygen atoms in total. The number of benzene rings is 1. The van der Waals surface area contributed by atoms with E-state index < -0.39 is 0 Å². The van der Waals surface area contributed by atoms with Crippen molar-refractivity contribution in [2.24, 2.45) is 0 Å². The molecule has 1 aliphatic rings. The van der Waals surface area contributed by atoms with Crippen molar-refractivity contribution in [3.05, 3.63) is 47.8 Å². The van der Waals surface area contributed by atoms with Gasteiger partial charge in [0.25, 0.3) is 0 Å². The minimum Gasteiger partial charge on any atom is -0.493 e. The highest BCUT2D eigenvalue weighted by Gasteiger charge is 2.24. The lowest BCUT2D eigenvalue weighted by atomic mass is 10.1. The normalized spacial score (nSPS) is 14.8. The molecule has 2 aromatic heterocycles. The average molecular weight is 423 g/mol. The molecular weight excluding hydrogens is 390 g/mol. The van der Waals surface area contributed by atoms with Crippen molar-refractivity contribution < 1.29 is 14.4 Å². The molecule has 0 atom stereocenters. The standard InChI is InChI=1S/C24H31N5O2/c1-16(2)15-27-9-11-28(12-10-27)22-13-17(3)25-24-23(18(4)26-29(22)24)19-7-8-20(30-5)21(14-19)31-6/h7-8,13-14H,1,9-12,15H2,2-6H3/p+1. The number of quaternary nitrogens is 1. The largest absolute Gasteiger partial charge is 0.493 e. The fraction of sp³-hybridized carbons (Fsp3) is 0.417. The van der Waals surface area contributed by atoms with Gasteiger partial charge >= 0.3 is 0 Å². The van der Waals surface area contributed by atoms with Crippen LogP contribution in [0.5, 0.6) is 11.5 Å². The third-order valence-electron chi connectivity index (χ3n) is 5.89. The first-order chi connectivity index (χ1) is 14.9. The zero-order valence-electron chi connectivity index (χ0n) is 19.2. The SMILES string of the molecule is C=C(C)C[NH+]1CCN(c2cc(C)nc3c(-c4ccc(OC)c(OC)c4)c(C)nn23)CC1. The van der Waals surface area contributed by atoms with Gasteiger partial charge in [-0.2, -0.15) is 9.61 Å². The molecule has 164 valence electrons. The van der Waals surface area contributed by atoms with Gasteiger partial charge in [-0.15, -0.1) is 0 Å². The van der Waals surface area contributed by atoms with Crippen LogP contribution in [0, 0.1) is 13.8 Å². The Morgan fingerprint density at radius 3 is 2.45 bits per heavy atom. The van der Waals surface area contributed by atoms with Crippen molar-refractivity contribution in [2.75, 3.05) is 51.8 Å². The van der Waals surface area contributed by atoms with Gasteiger partial charge in [0.2, 0.25) is 0 Å². The number of aryl methyl sites for hydroxylation is 2. The first kappa shape index (κ1) is 21.2. The van der Waals surface area contributed by atoms with Gasteiger partial charge < -0.3 is 19.3 Å². The summed E-state index contributed by atoms with van der Waals surface area (Å²) in [4.78, 5) is 8.88. The molecule has 0 amide bonds. The summed E-state index contributed by atoms with van der Waals surface area (Å²) in [7, 11) is 3.30. The van der Waals surface area contributed by atoms with Gasteiger partial charge in [0, 0.05) is 17.3 Å². The second-order valence-electron chi connectivity index (χ2n) is 8.39. The Morgan fingerprint density at radius 2 is 1.81 bits per heavy atom. The number of nitrogens with zero attached hydrogens (tertiary/aromatic N) is 4. The Hall–Kier alpha value is -3.06. The van der Waals surface area contributed by atoms with Gasteiger partial charge in [-0.3, -0.25) is 0 Å². The van der Waals surface area contributed by atoms with Gasteiger partial charge in [-0.25, -0.2) is 4.98 Å². The van der Waals surface area contributed by atoms with Crippen molar-refractivity contribution in [3.63, 3.8) is 0 Å². The fourth-order valence-electron chi connectivity index (χ4n) is 4.44. The summed E-state index contributed by atoms with van der Waals surface area (Å²) >= 11 is 0. The summed E-state index contributed by atoms with van der Waals surface area (Å²) in [6.45, 7) is 15.5. The van der Waals surface area contributed by atoms with Crippen LogP contribution in [0.3, 0.4) is 0 Å². The lowest BCUT2D eigenvalue weighted by Crippen LogP contribution is -3.15. The van der Waals surface area contributed by atoms with E-state index in [9.17, 15) is 0 Å². The Bertz CT molecular complexity index is 1110. The molecule has 1 N–H and O–H groups in total. The highest BCUT2D eigenvalue weighted by atomic mass is 16.5. The van der Waals surface area contributed by atoms with Gasteiger partial charge in [0.05, 0.1) is 52.6 Å². The number of rotatable bonds is 6. The molecule has 4 rings (SSSR count). The number of aromatic nitrogens is 3. The number of hydrogen-bond donors (Lipinski definition) is 1. The van der Waals surface area contributed by atoms with Crippen LogP contribution >= 0.6 is 0 Å². The molecule has 1 aromatic carbocycles. The molecule has 1 saturated heterocycles. The summed E-state index contributed by atoms with van der Waals surface area (Å²) in [5.41, 5.74) is 6.09. The van der Waals surface area contributed by atoms with E-state index in [0.29, 0.717) is 11.5 Å². The highest BCUT2D eigenvalue weighted by molar-refractivity contribution is 5.82. The molecule has 3 heterocycles. The van der Waals surface area contributed by atoms with Crippen molar-refractivity contribution in [1.82, 2.24) is 14.6 Å². The van der Waals surface area contributed by atoms with Crippen LogP contribution in [0.25, 0.3) is 16.8 Å². The van der Waals surface area contributed by atoms with Crippen molar-refractivity contribution in [3.8, 4) is 22.6 Å². The van der Waals surface area contributed by atoms with E-state index in [1.807, 2.05) is 36.6 Å². The van der Waals surface area contributed by atoms with Crippen LogP contribution in [0.15, 0.2) is 36.4 Å². The van der Waals surface area contributed by atoms with E-state index in [0.717, 1.165) is 66.7 Å². The molecular formula is C24H32N5O2+. The molecule has 7 heteroatoms. The Labute approximate surface area is 183 Å². The summed E-state index contributed by atoms with van der Waals surface area (Å²) in [5.74, 6) is 2.51. The number of ether oxygens (including phenoxy) is 2. The molecule has 0 aliphatic carbocycles. The van der Waals surface area contributed by atoms with Gasteiger partial charge in [-0.05, 0) is 44.0 Å². The quantitative estimate of drug-likeness (QED) is 0.618. The summed E-state index contributed by atoms with van der Waals surface area (Å²) in [6.07, 6.45) is 0. The minimum atomic E-state index is 0.697. The zero-order chi connectivity index (χ0) is 22.1. The maximum atomic E-state index is 5.52. The van der Waals surface area contributed by atoms with Crippen LogP contribution in [-0.2, 0) is 0 Å². The summed E-state index contributed by atoms with van der Waals surface area (Å²) in [5, 5.41) is 4.89. The molecule has 3 aromatic rings. The second kappa shape index (κ2) is 8.59. The van der Waals surface area contributed by atoms with Gasteiger partial charge in [-0.1, -0.05) is 12.6 Å². The van der Waals surface area contributed by atoms with Crippen molar-refractivity contribution in [1.29, 1.82) is 0 Å². The average Bonchev–Trinajstić information content (AvgIpc) is 3.08. The lowest BCUT2D eigenvalue weighted by molar-refractivity contribution is -0.895. The smallest absolute Gasteiger partial charge is 0.165 e. The molecule has 0 spiro atoms. The van der Waals surface area contributed by atoms with Crippen LogP contribution < -0.4 is 19.3 Å². The lowest BCUT2D eigenvalue weighted by Gasteiger charge is -2.33. The number of methoxy groups -OCH3 is 2. The van der Waals surface area contributed by atoms with Crippen LogP contribution in [0.1, 0.15) is 18.3 Å². The Balaban J connectivity index is 1.74. The molecule has 0 saturated carbocycles. The van der Waals surface area contributed by atoms with Crippen molar-refractivity contribution >= 4 is 11.5 Å². The Kier molecular flexibility index (Phi) is 5.87. The van der Waals surface area contributed by atoms with E-state index >= 15 is 0 Å². The maximum absolute atomic E-state index is 5.52. The Morgan fingerprint density at radius 1 is 1.10 bits per heavy atom. The molecule has 0 radical (unpaired) electrons. The monoisotopic (exact) mass is 422 g/mol.